The molecule has 0 unspecified atom stereocenters. The van der Waals surface area contributed by atoms with Crippen molar-refractivity contribution in [2.45, 2.75) is 68.6 Å². The number of benzene rings is 4. The summed E-state index contributed by atoms with van der Waals surface area (Å²) in [6.45, 7) is 3.21. The number of hydrogen-bond donors (Lipinski definition) is 4. The minimum atomic E-state index is -4.29. The summed E-state index contributed by atoms with van der Waals surface area (Å²) in [6.07, 6.45) is -1.03. The van der Waals surface area contributed by atoms with Gasteiger partial charge >= 0.3 is 6.18 Å². The molecule has 4 bridgehead atoms. The molecule has 0 radical (unpaired) electrons. The van der Waals surface area contributed by atoms with Crippen molar-refractivity contribution in [3.63, 3.8) is 0 Å². The van der Waals surface area contributed by atoms with Crippen molar-refractivity contribution in [1.82, 2.24) is 10.6 Å². The van der Waals surface area contributed by atoms with E-state index < -0.39 is 11.7 Å². The van der Waals surface area contributed by atoms with E-state index >= 15 is 0 Å². The Balaban J connectivity index is 0.000000151. The second kappa shape index (κ2) is 13.9. The van der Waals surface area contributed by atoms with Crippen molar-refractivity contribution >= 4 is 23.0 Å². The van der Waals surface area contributed by atoms with Gasteiger partial charge in [-0.1, -0.05) is 60.1 Å². The Hall–Kier alpha value is -3.60. The number of rotatable bonds is 8. The largest absolute Gasteiger partial charge is 0.416 e. The molecule has 4 aromatic carbocycles. The monoisotopic (exact) mass is 662 g/mol. The number of anilines is 2. The van der Waals surface area contributed by atoms with Gasteiger partial charge in [0, 0.05) is 54.7 Å². The second-order valence-corrected chi connectivity index (χ2v) is 13.1. The van der Waals surface area contributed by atoms with E-state index in [0.29, 0.717) is 30.8 Å². The van der Waals surface area contributed by atoms with E-state index in [1.807, 2.05) is 48.5 Å². The maximum atomic E-state index is 12.6. The quantitative estimate of drug-likeness (QED) is 0.154. The topological polar surface area (TPSA) is 66.6 Å². The highest BCUT2D eigenvalue weighted by atomic mass is 35.5. The van der Waals surface area contributed by atoms with Crippen LogP contribution >= 0.6 is 11.6 Å². The first-order chi connectivity index (χ1) is 22.8. The highest BCUT2D eigenvalue weighted by Gasteiger charge is 2.42. The summed E-state index contributed by atoms with van der Waals surface area (Å²) >= 11 is 5.90. The van der Waals surface area contributed by atoms with E-state index in [0.717, 1.165) is 72.1 Å². The number of alkyl halides is 3. The van der Waals surface area contributed by atoms with Crippen LogP contribution in [0, 0.1) is 0 Å². The van der Waals surface area contributed by atoms with Crippen LogP contribution in [0.2, 0.25) is 5.02 Å². The van der Waals surface area contributed by atoms with Crippen LogP contribution in [-0.4, -0.2) is 37.4 Å². The second-order valence-electron chi connectivity index (χ2n) is 12.6. The highest BCUT2D eigenvalue weighted by molar-refractivity contribution is 6.30. The fourth-order valence-electron chi connectivity index (χ4n) is 6.76. The van der Waals surface area contributed by atoms with Crippen molar-refractivity contribution in [3.8, 4) is 0 Å². The van der Waals surface area contributed by atoms with Crippen LogP contribution in [0.4, 0.5) is 24.5 Å². The molecule has 4 aliphatic heterocycles. The van der Waals surface area contributed by atoms with E-state index in [-0.39, 0.29) is 12.2 Å². The number of nitrogens with one attached hydrogen (secondary N) is 4. The average Bonchev–Trinajstić information content (AvgIpc) is 3.92. The number of halogens is 4. The summed E-state index contributed by atoms with van der Waals surface area (Å²) < 4.78 is 49.7. The molecule has 0 aliphatic carbocycles. The van der Waals surface area contributed by atoms with Gasteiger partial charge < -0.3 is 30.7 Å². The van der Waals surface area contributed by atoms with Gasteiger partial charge in [0.05, 0.1) is 30.0 Å². The third kappa shape index (κ3) is 7.77. The molecule has 0 aromatic heterocycles. The first kappa shape index (κ1) is 32.0. The fraction of sp³-hybridized carbons (Fsp3) is 0.351. The molecule has 8 rings (SSSR count). The van der Waals surface area contributed by atoms with Crippen molar-refractivity contribution < 1.29 is 22.6 Å². The molecule has 4 aromatic rings. The third-order valence-corrected chi connectivity index (χ3v) is 9.58. The van der Waals surface area contributed by atoms with Crippen LogP contribution in [0.1, 0.15) is 52.9 Å². The van der Waals surface area contributed by atoms with Gasteiger partial charge in [-0.2, -0.15) is 13.2 Å². The Labute approximate surface area is 278 Å². The van der Waals surface area contributed by atoms with Crippen molar-refractivity contribution in [3.05, 3.63) is 130 Å². The minimum Gasteiger partial charge on any atom is -0.381 e. The molecule has 10 heteroatoms. The van der Waals surface area contributed by atoms with Gasteiger partial charge in [0.15, 0.2) is 0 Å². The lowest BCUT2D eigenvalue weighted by atomic mass is 10.0. The van der Waals surface area contributed by atoms with Crippen molar-refractivity contribution in [1.29, 1.82) is 0 Å². The van der Waals surface area contributed by atoms with Gasteiger partial charge in [0.25, 0.3) is 0 Å². The van der Waals surface area contributed by atoms with Gasteiger partial charge in [0.1, 0.15) is 0 Å². The fourth-order valence-corrected chi connectivity index (χ4v) is 6.89. The van der Waals surface area contributed by atoms with E-state index in [2.05, 4.69) is 45.5 Å². The SMILES string of the molecule is Clc1ccc(CNc2ccc([C@H]3O[C@@H]4CN[C@H]3C4)cc2)cc1.FC(F)(F)c1ccc(CNc2ccc([C@H]3O[C@@H]4CN[C@H]3C4)cc2)cc1. The zero-order valence-corrected chi connectivity index (χ0v) is 26.5. The lowest BCUT2D eigenvalue weighted by Gasteiger charge is -2.23. The smallest absolute Gasteiger partial charge is 0.381 e. The highest BCUT2D eigenvalue weighted by Crippen LogP contribution is 2.38. The number of morpholine rings is 2. The molecule has 47 heavy (non-hydrogen) atoms. The zero-order chi connectivity index (χ0) is 32.4. The molecule has 4 saturated heterocycles. The van der Waals surface area contributed by atoms with Gasteiger partial charge in [-0.25, -0.2) is 0 Å². The average molecular weight is 663 g/mol. The number of hydrogen-bond acceptors (Lipinski definition) is 6. The molecule has 4 N–H and O–H groups in total. The van der Waals surface area contributed by atoms with Crippen LogP contribution < -0.4 is 21.3 Å². The summed E-state index contributed by atoms with van der Waals surface area (Å²) in [5.74, 6) is 0. The van der Waals surface area contributed by atoms with Crippen molar-refractivity contribution in [2.75, 3.05) is 23.7 Å². The summed E-state index contributed by atoms with van der Waals surface area (Å²) in [7, 11) is 0. The molecule has 246 valence electrons. The van der Waals surface area contributed by atoms with Crippen molar-refractivity contribution in [2.24, 2.45) is 0 Å². The lowest BCUT2D eigenvalue weighted by molar-refractivity contribution is -0.137. The Morgan fingerprint density at radius 2 is 1.04 bits per heavy atom. The lowest BCUT2D eigenvalue weighted by Crippen LogP contribution is -2.33. The molecular weight excluding hydrogens is 625 g/mol. The maximum absolute atomic E-state index is 12.6. The van der Waals surface area contributed by atoms with E-state index in [1.165, 1.54) is 23.3 Å². The molecule has 0 amide bonds. The summed E-state index contributed by atoms with van der Waals surface area (Å²) in [6, 6.07) is 30.6. The van der Waals surface area contributed by atoms with Gasteiger partial charge in [-0.3, -0.25) is 0 Å². The summed E-state index contributed by atoms with van der Waals surface area (Å²) in [5, 5.41) is 14.4. The Morgan fingerprint density at radius 3 is 1.40 bits per heavy atom. The minimum absolute atomic E-state index is 0.114. The molecule has 6 nitrogen and oxygen atoms in total. The Morgan fingerprint density at radius 1 is 0.617 bits per heavy atom. The molecule has 0 spiro atoms. The van der Waals surface area contributed by atoms with Gasteiger partial charge in [0.2, 0.25) is 0 Å². The van der Waals surface area contributed by atoms with Crippen LogP contribution in [0.3, 0.4) is 0 Å². The molecule has 6 atom stereocenters. The van der Waals surface area contributed by atoms with E-state index in [9.17, 15) is 13.2 Å². The number of fused-ring (bicyclic) bond motifs is 4. The normalized spacial score (nSPS) is 25.8. The Kier molecular flexibility index (Phi) is 9.43. The van der Waals surface area contributed by atoms with Crippen LogP contribution in [0.25, 0.3) is 0 Å². The molecule has 4 fully saturated rings. The predicted octanol–water partition coefficient (Wildman–Crippen LogP) is 7.87. The first-order valence-electron chi connectivity index (χ1n) is 16.1. The van der Waals surface area contributed by atoms with E-state index in [4.69, 9.17) is 21.1 Å². The summed E-state index contributed by atoms with van der Waals surface area (Å²) in [4.78, 5) is 0. The third-order valence-electron chi connectivity index (χ3n) is 9.32. The molecule has 4 heterocycles. The molecule has 4 aliphatic rings. The standard InChI is InChI=1S/C19H19F3N2O.C18H19ClN2O/c20-19(21,22)14-5-1-12(2-6-14)10-23-15-7-3-13(4-8-15)18-17-9-16(25-18)11-24-17;19-14-5-1-12(2-6-14)10-20-15-7-3-13(4-8-15)18-17-9-16(22-18)11-21-17/h1-8,16-18,23-24H,9-11H2;1-8,16-18,20-21H,9-11H2/t2*16-,17-,18+/m00/s1. The van der Waals surface area contributed by atoms with Crippen LogP contribution in [0.5, 0.6) is 0 Å². The first-order valence-corrected chi connectivity index (χ1v) is 16.5. The Bertz CT molecular complexity index is 1620. The number of ether oxygens (including phenoxy) is 2. The predicted molar refractivity (Wildman–Crippen MR) is 178 cm³/mol. The molecular formula is C37H38ClF3N4O2. The van der Waals surface area contributed by atoms with Gasteiger partial charge in [-0.05, 0) is 83.6 Å². The molecule has 0 saturated carbocycles. The van der Waals surface area contributed by atoms with E-state index in [1.54, 1.807) is 0 Å². The van der Waals surface area contributed by atoms with Crippen LogP contribution in [-0.2, 0) is 28.7 Å². The van der Waals surface area contributed by atoms with Crippen LogP contribution in [0.15, 0.2) is 97.1 Å². The zero-order valence-electron chi connectivity index (χ0n) is 25.8. The maximum Gasteiger partial charge on any atom is 0.416 e. The van der Waals surface area contributed by atoms with Gasteiger partial charge in [-0.15, -0.1) is 0 Å². The summed E-state index contributed by atoms with van der Waals surface area (Å²) in [5.41, 5.74) is 5.86.